The fourth-order valence-electron chi connectivity index (χ4n) is 1.24. The number of nitrogens with zero attached hydrogens (tertiary/aromatic N) is 2. The van der Waals surface area contributed by atoms with Crippen LogP contribution in [0.3, 0.4) is 0 Å². The van der Waals surface area contributed by atoms with Crippen molar-refractivity contribution >= 4 is 11.9 Å². The lowest BCUT2D eigenvalue weighted by Gasteiger charge is -2.01. The van der Waals surface area contributed by atoms with Crippen LogP contribution < -0.4 is 5.32 Å². The van der Waals surface area contributed by atoms with Crippen molar-refractivity contribution in [3.05, 3.63) is 36.2 Å². The standard InChI is InChI=1S/C10H10N4O2/c15-8-3-1-7(2-4-8)5-9(16)13-10-11-6-12-14-10/h1-4,6,15H,5H2,(H2,11,12,13,14,16). The molecule has 2 rings (SSSR count). The second-order valence-electron chi connectivity index (χ2n) is 3.23. The first kappa shape index (κ1) is 10.2. The average molecular weight is 218 g/mol. The zero-order chi connectivity index (χ0) is 11.4. The quantitative estimate of drug-likeness (QED) is 0.706. The smallest absolute Gasteiger partial charge is 0.231 e. The SMILES string of the molecule is O=C(Cc1ccc(O)cc1)Nc1ncn[nH]1. The third-order valence-electron chi connectivity index (χ3n) is 1.97. The highest BCUT2D eigenvalue weighted by Gasteiger charge is 2.05. The molecule has 3 N–H and O–H groups in total. The minimum atomic E-state index is -0.192. The summed E-state index contributed by atoms with van der Waals surface area (Å²) >= 11 is 0. The Labute approximate surface area is 91.3 Å². The second-order valence-corrected chi connectivity index (χ2v) is 3.23. The molecule has 1 aromatic carbocycles. The number of phenols is 1. The summed E-state index contributed by atoms with van der Waals surface area (Å²) in [7, 11) is 0. The molecule has 0 unspecified atom stereocenters. The van der Waals surface area contributed by atoms with E-state index in [2.05, 4.69) is 20.5 Å². The number of phenolic OH excluding ortho intramolecular Hbond substituents is 1. The number of H-pyrrole nitrogens is 1. The van der Waals surface area contributed by atoms with Gasteiger partial charge in [-0.3, -0.25) is 10.1 Å². The fourth-order valence-corrected chi connectivity index (χ4v) is 1.24. The Morgan fingerprint density at radius 1 is 1.38 bits per heavy atom. The highest BCUT2D eigenvalue weighted by Crippen LogP contribution is 2.10. The Balaban J connectivity index is 1.95. The summed E-state index contributed by atoms with van der Waals surface area (Å²) in [4.78, 5) is 15.3. The van der Waals surface area contributed by atoms with E-state index >= 15 is 0 Å². The molecule has 0 spiro atoms. The zero-order valence-electron chi connectivity index (χ0n) is 8.34. The molecule has 0 bridgehead atoms. The van der Waals surface area contributed by atoms with E-state index in [4.69, 9.17) is 5.11 Å². The van der Waals surface area contributed by atoms with E-state index in [1.165, 1.54) is 18.5 Å². The highest BCUT2D eigenvalue weighted by atomic mass is 16.3. The van der Waals surface area contributed by atoms with Crippen molar-refractivity contribution in [1.82, 2.24) is 15.2 Å². The van der Waals surface area contributed by atoms with Crippen LogP contribution in [0.15, 0.2) is 30.6 Å². The molecular formula is C10H10N4O2. The van der Waals surface area contributed by atoms with Crippen LogP contribution >= 0.6 is 0 Å². The topological polar surface area (TPSA) is 90.9 Å². The van der Waals surface area contributed by atoms with Crippen molar-refractivity contribution < 1.29 is 9.90 Å². The molecule has 0 saturated carbocycles. The zero-order valence-corrected chi connectivity index (χ0v) is 8.34. The Bertz CT molecular complexity index is 464. The summed E-state index contributed by atoms with van der Waals surface area (Å²) in [5, 5.41) is 17.8. The summed E-state index contributed by atoms with van der Waals surface area (Å²) in [6, 6.07) is 6.46. The number of hydrogen-bond acceptors (Lipinski definition) is 4. The van der Waals surface area contributed by atoms with Crippen LogP contribution in [0.2, 0.25) is 0 Å². The van der Waals surface area contributed by atoms with Crippen molar-refractivity contribution in [2.75, 3.05) is 5.32 Å². The van der Waals surface area contributed by atoms with Gasteiger partial charge in [-0.05, 0) is 17.7 Å². The van der Waals surface area contributed by atoms with Gasteiger partial charge in [0.05, 0.1) is 6.42 Å². The summed E-state index contributed by atoms with van der Waals surface area (Å²) in [5.74, 6) is 0.311. The summed E-state index contributed by atoms with van der Waals surface area (Å²) in [5.41, 5.74) is 0.815. The van der Waals surface area contributed by atoms with Gasteiger partial charge in [-0.25, -0.2) is 5.10 Å². The predicted octanol–water partition coefficient (Wildman–Crippen LogP) is 0.691. The van der Waals surface area contributed by atoms with Crippen LogP contribution in [0.4, 0.5) is 5.95 Å². The van der Waals surface area contributed by atoms with Gasteiger partial charge in [-0.2, -0.15) is 10.1 Å². The average Bonchev–Trinajstić information content (AvgIpc) is 2.74. The number of amides is 1. The summed E-state index contributed by atoms with van der Waals surface area (Å²) < 4.78 is 0. The molecule has 0 saturated heterocycles. The number of aromatic nitrogens is 3. The minimum absolute atomic E-state index is 0.180. The molecule has 0 atom stereocenters. The van der Waals surface area contributed by atoms with Gasteiger partial charge in [0, 0.05) is 0 Å². The lowest BCUT2D eigenvalue weighted by molar-refractivity contribution is -0.115. The Kier molecular flexibility index (Phi) is 2.81. The number of rotatable bonds is 3. The van der Waals surface area contributed by atoms with E-state index in [-0.39, 0.29) is 18.1 Å². The van der Waals surface area contributed by atoms with E-state index in [0.717, 1.165) is 5.56 Å². The van der Waals surface area contributed by atoms with Gasteiger partial charge in [-0.1, -0.05) is 12.1 Å². The van der Waals surface area contributed by atoms with E-state index in [0.29, 0.717) is 5.95 Å². The molecule has 82 valence electrons. The van der Waals surface area contributed by atoms with Gasteiger partial charge < -0.3 is 5.11 Å². The number of hydrogen-bond donors (Lipinski definition) is 3. The van der Waals surface area contributed by atoms with Gasteiger partial charge in [0.1, 0.15) is 12.1 Å². The van der Waals surface area contributed by atoms with E-state index in [1.807, 2.05) is 0 Å². The van der Waals surface area contributed by atoms with E-state index in [1.54, 1.807) is 12.1 Å². The highest BCUT2D eigenvalue weighted by molar-refractivity contribution is 5.90. The number of anilines is 1. The summed E-state index contributed by atoms with van der Waals surface area (Å²) in [6.07, 6.45) is 1.54. The first-order valence-corrected chi connectivity index (χ1v) is 4.67. The Hall–Kier alpha value is -2.37. The second kappa shape index (κ2) is 4.43. The molecular weight excluding hydrogens is 208 g/mol. The van der Waals surface area contributed by atoms with Crippen molar-refractivity contribution in [1.29, 1.82) is 0 Å². The predicted molar refractivity (Wildman–Crippen MR) is 56.8 cm³/mol. The lowest BCUT2D eigenvalue weighted by Crippen LogP contribution is -2.15. The van der Waals surface area contributed by atoms with Gasteiger partial charge in [-0.15, -0.1) is 0 Å². The Morgan fingerprint density at radius 3 is 2.75 bits per heavy atom. The van der Waals surface area contributed by atoms with Crippen molar-refractivity contribution in [3.8, 4) is 5.75 Å². The van der Waals surface area contributed by atoms with Crippen LogP contribution in [0.1, 0.15) is 5.56 Å². The van der Waals surface area contributed by atoms with Gasteiger partial charge >= 0.3 is 0 Å². The first-order valence-electron chi connectivity index (χ1n) is 4.67. The third-order valence-corrected chi connectivity index (χ3v) is 1.97. The molecule has 6 nitrogen and oxygen atoms in total. The fraction of sp³-hybridized carbons (Fsp3) is 0.100. The van der Waals surface area contributed by atoms with Gasteiger partial charge in [0.15, 0.2) is 0 Å². The van der Waals surface area contributed by atoms with E-state index < -0.39 is 0 Å². The maximum Gasteiger partial charge on any atom is 0.231 e. The number of nitrogens with one attached hydrogen (secondary N) is 2. The molecule has 2 aromatic rings. The largest absolute Gasteiger partial charge is 0.508 e. The molecule has 16 heavy (non-hydrogen) atoms. The number of aromatic amines is 1. The molecule has 0 radical (unpaired) electrons. The van der Waals surface area contributed by atoms with Crippen molar-refractivity contribution in [2.45, 2.75) is 6.42 Å². The van der Waals surface area contributed by atoms with Crippen molar-refractivity contribution in [3.63, 3.8) is 0 Å². The Morgan fingerprint density at radius 2 is 2.12 bits per heavy atom. The molecule has 0 fully saturated rings. The minimum Gasteiger partial charge on any atom is -0.508 e. The lowest BCUT2D eigenvalue weighted by atomic mass is 10.1. The van der Waals surface area contributed by atoms with Crippen LogP contribution in [-0.4, -0.2) is 26.2 Å². The molecule has 1 amide bonds. The maximum atomic E-state index is 11.5. The molecule has 1 heterocycles. The van der Waals surface area contributed by atoms with Crippen LogP contribution in [0.5, 0.6) is 5.75 Å². The molecule has 1 aromatic heterocycles. The molecule has 6 heteroatoms. The number of carbonyl (C=O) groups is 1. The maximum absolute atomic E-state index is 11.5. The molecule has 0 aliphatic carbocycles. The van der Waals surface area contributed by atoms with Gasteiger partial charge in [0.25, 0.3) is 0 Å². The van der Waals surface area contributed by atoms with E-state index in [9.17, 15) is 4.79 Å². The monoisotopic (exact) mass is 218 g/mol. The first-order chi connectivity index (χ1) is 7.74. The summed E-state index contributed by atoms with van der Waals surface area (Å²) in [6.45, 7) is 0. The number of aromatic hydroxyl groups is 1. The molecule has 0 aliphatic rings. The third kappa shape index (κ3) is 2.57. The molecule has 0 aliphatic heterocycles. The normalized spacial score (nSPS) is 10.0. The van der Waals surface area contributed by atoms with Crippen molar-refractivity contribution in [2.24, 2.45) is 0 Å². The number of benzene rings is 1. The van der Waals surface area contributed by atoms with Crippen LogP contribution in [0, 0.1) is 0 Å². The van der Waals surface area contributed by atoms with Gasteiger partial charge in [0.2, 0.25) is 11.9 Å². The van der Waals surface area contributed by atoms with Crippen LogP contribution in [0.25, 0.3) is 0 Å². The van der Waals surface area contributed by atoms with Crippen LogP contribution in [-0.2, 0) is 11.2 Å². The number of carbonyl (C=O) groups excluding carboxylic acids is 1.